The predicted octanol–water partition coefficient (Wildman–Crippen LogP) is -3.63. The maximum Gasteiger partial charge on any atom is 0.316 e. The van der Waals surface area contributed by atoms with Crippen molar-refractivity contribution in [1.82, 2.24) is 0 Å². The predicted molar refractivity (Wildman–Crippen MR) is 61.2 cm³/mol. The third-order valence-electron chi connectivity index (χ3n) is 0. The van der Waals surface area contributed by atoms with Crippen LogP contribution in [0.15, 0.2) is 0 Å². The topological polar surface area (TPSA) is 149 Å². The Bertz CT molecular complexity index is 222. The molecular weight excluding hydrogens is 316 g/mol. The smallest absolute Gasteiger partial charge is 0.316 e. The van der Waals surface area contributed by atoms with Crippen molar-refractivity contribution >= 4 is 117 Å². The third-order valence-corrected chi connectivity index (χ3v) is 0. The first-order valence-electron chi connectivity index (χ1n) is 1.40. The molecule has 14 heteroatoms. The van der Waals surface area contributed by atoms with Crippen molar-refractivity contribution in [2.24, 2.45) is 0 Å². The maximum atomic E-state index is 8.74. The first-order chi connectivity index (χ1) is 4.00. The summed E-state index contributed by atoms with van der Waals surface area (Å²) < 4.78 is 63.2. The van der Waals surface area contributed by atoms with Crippen LogP contribution in [0.25, 0.3) is 0 Å². The Balaban J connectivity index is -0.0000000178. The minimum atomic E-state index is -4.67. The van der Waals surface area contributed by atoms with Crippen LogP contribution < -0.4 is 0 Å². The van der Waals surface area contributed by atoms with Gasteiger partial charge in [-0.3, -0.25) is 18.2 Å². The summed E-state index contributed by atoms with van der Waals surface area (Å²) in [6.07, 6.45) is 0. The van der Waals surface area contributed by atoms with Gasteiger partial charge in [0.1, 0.15) is 0 Å². The molecule has 14 heavy (non-hydrogen) atoms. The number of halogens is 1. The summed E-state index contributed by atoms with van der Waals surface area (Å²) in [5, 5.41) is 0. The maximum absolute atomic E-state index is 8.74. The number of rotatable bonds is 0. The number of hydrogen-bond donors (Lipinski definition) is 4. The fourth-order valence-electron chi connectivity index (χ4n) is 0. The zero-order chi connectivity index (χ0) is 9.00. The molecule has 0 aliphatic heterocycles. The Morgan fingerprint density at radius 2 is 0.643 bits per heavy atom. The van der Waals surface area contributed by atoms with Gasteiger partial charge in [0.05, 0.1) is 0 Å². The fraction of sp³-hybridized carbons (Fsp3) is 0. The minimum Gasteiger partial charge on any atom is 0.316 e. The zero-order valence-electron chi connectivity index (χ0n) is 4.65. The molecule has 0 aromatic heterocycles. The summed E-state index contributed by atoms with van der Waals surface area (Å²) in [6, 6.07) is 0. The zero-order valence-corrected chi connectivity index (χ0v) is 7.10. The second-order valence-corrected chi connectivity index (χ2v) is 2.69. The van der Waals surface area contributed by atoms with Gasteiger partial charge >= 0.3 is 105 Å². The Morgan fingerprint density at radius 3 is 0.643 bits per heavy atom. The number of hydrogen-bond acceptors (Lipinski definition) is 4. The van der Waals surface area contributed by atoms with Crippen molar-refractivity contribution < 1.29 is 35.0 Å². The SMILES string of the molecule is Cl.O=S(=O)(O)O.O=S(=O)(O)O.[CaH2].[MgH2].[MgH2]. The van der Waals surface area contributed by atoms with E-state index in [0.717, 1.165) is 0 Å². The van der Waals surface area contributed by atoms with Gasteiger partial charge in [-0.05, 0) is 0 Å². The molecule has 0 spiro atoms. The average Bonchev–Trinajstić information content (AvgIpc) is 1.12. The molecular formula is H11CaClMg2O8S2. The van der Waals surface area contributed by atoms with Crippen molar-refractivity contribution in [3.63, 3.8) is 0 Å². The van der Waals surface area contributed by atoms with Crippen molar-refractivity contribution in [1.29, 1.82) is 0 Å². The Kier molecular flexibility index (Phi) is 40.6. The molecule has 0 aliphatic carbocycles. The molecule has 0 rings (SSSR count). The summed E-state index contributed by atoms with van der Waals surface area (Å²) in [7, 11) is -9.33. The van der Waals surface area contributed by atoms with Crippen LogP contribution in [0, 0.1) is 0 Å². The van der Waals surface area contributed by atoms with Gasteiger partial charge < -0.3 is 0 Å². The van der Waals surface area contributed by atoms with E-state index >= 15 is 0 Å². The van der Waals surface area contributed by atoms with Crippen LogP contribution in [-0.2, 0) is 20.8 Å². The van der Waals surface area contributed by atoms with Gasteiger partial charge in [-0.2, -0.15) is 16.8 Å². The van der Waals surface area contributed by atoms with Crippen LogP contribution in [0.4, 0.5) is 0 Å². The molecule has 0 radical (unpaired) electrons. The Morgan fingerprint density at radius 1 is 0.643 bits per heavy atom. The van der Waals surface area contributed by atoms with E-state index in [-0.39, 0.29) is 96.3 Å². The van der Waals surface area contributed by atoms with E-state index in [1.54, 1.807) is 0 Å². The minimum absolute atomic E-state index is 0. The third kappa shape index (κ3) is 356. The fourth-order valence-corrected chi connectivity index (χ4v) is 0. The molecule has 0 heterocycles. The quantitative estimate of drug-likeness (QED) is 0.263. The van der Waals surface area contributed by atoms with Gasteiger partial charge in [0.2, 0.25) is 0 Å². The molecule has 0 aromatic rings. The van der Waals surface area contributed by atoms with E-state index in [4.69, 9.17) is 35.0 Å². The standard InChI is InChI=1S/Ca.ClH.2Mg.2H2O4S.6H/c;;;;2*1-5(2,3)4;;;;;;/h;1H;;;2*(H2,1,2,3,4);;;;;;. The molecule has 8 nitrogen and oxygen atoms in total. The second kappa shape index (κ2) is 15.8. The molecule has 0 aromatic carbocycles. The average molecular weight is 327 g/mol. The van der Waals surface area contributed by atoms with Crippen LogP contribution >= 0.6 is 12.4 Å². The second-order valence-electron chi connectivity index (χ2n) is 0.896. The largest absolute Gasteiger partial charge is 0.316 e. The molecule has 4 N–H and O–H groups in total. The molecule has 0 saturated heterocycles. The van der Waals surface area contributed by atoms with E-state index in [2.05, 4.69) is 0 Å². The van der Waals surface area contributed by atoms with Gasteiger partial charge in [-0.15, -0.1) is 12.4 Å². The summed E-state index contributed by atoms with van der Waals surface area (Å²) in [5.41, 5.74) is 0. The van der Waals surface area contributed by atoms with Crippen LogP contribution in [0.3, 0.4) is 0 Å². The van der Waals surface area contributed by atoms with Crippen molar-refractivity contribution in [3.8, 4) is 0 Å². The van der Waals surface area contributed by atoms with Crippen LogP contribution in [0.2, 0.25) is 0 Å². The molecule has 0 aliphatic rings. The van der Waals surface area contributed by atoms with Crippen LogP contribution in [0.1, 0.15) is 0 Å². The van der Waals surface area contributed by atoms with Crippen molar-refractivity contribution in [2.45, 2.75) is 0 Å². The van der Waals surface area contributed by atoms with E-state index in [1.165, 1.54) is 0 Å². The van der Waals surface area contributed by atoms with Gasteiger partial charge in [0, 0.05) is 0 Å². The van der Waals surface area contributed by atoms with Gasteiger partial charge in [-0.1, -0.05) is 0 Å². The van der Waals surface area contributed by atoms with Crippen LogP contribution in [-0.4, -0.2) is 119 Å². The molecule has 0 saturated carbocycles. The van der Waals surface area contributed by atoms with E-state index in [1.807, 2.05) is 0 Å². The molecule has 84 valence electrons. The molecule has 0 unspecified atom stereocenters. The molecule has 0 fully saturated rings. The Hall–Kier alpha value is 2.82. The first-order valence-corrected chi connectivity index (χ1v) is 4.19. The summed E-state index contributed by atoms with van der Waals surface area (Å²) in [4.78, 5) is 0. The van der Waals surface area contributed by atoms with Crippen molar-refractivity contribution in [3.05, 3.63) is 0 Å². The molecule has 0 atom stereocenters. The Labute approximate surface area is 149 Å². The van der Waals surface area contributed by atoms with Crippen molar-refractivity contribution in [2.75, 3.05) is 0 Å². The first kappa shape index (κ1) is 36.0. The summed E-state index contributed by atoms with van der Waals surface area (Å²) in [5.74, 6) is 0. The van der Waals surface area contributed by atoms with E-state index < -0.39 is 20.8 Å². The van der Waals surface area contributed by atoms with Gasteiger partial charge in [0.15, 0.2) is 0 Å². The summed E-state index contributed by atoms with van der Waals surface area (Å²) >= 11 is 0. The normalized spacial score (nSPS) is 8.29. The van der Waals surface area contributed by atoms with Gasteiger partial charge in [0.25, 0.3) is 0 Å². The monoisotopic (exact) mass is 326 g/mol. The van der Waals surface area contributed by atoms with E-state index in [0.29, 0.717) is 0 Å². The van der Waals surface area contributed by atoms with Gasteiger partial charge in [-0.25, -0.2) is 0 Å². The van der Waals surface area contributed by atoms with Crippen LogP contribution in [0.5, 0.6) is 0 Å². The molecule has 0 amide bonds. The van der Waals surface area contributed by atoms with E-state index in [9.17, 15) is 0 Å². The summed E-state index contributed by atoms with van der Waals surface area (Å²) in [6.45, 7) is 0. The molecule has 0 bridgehead atoms.